The van der Waals surface area contributed by atoms with Gasteiger partial charge in [-0.2, -0.15) is 0 Å². The topological polar surface area (TPSA) is 70.7 Å². The second-order valence-electron chi connectivity index (χ2n) is 6.78. The summed E-state index contributed by atoms with van der Waals surface area (Å²) in [5, 5.41) is 6.46. The molecule has 148 valence electrons. The van der Waals surface area contributed by atoms with E-state index >= 15 is 0 Å². The van der Waals surface area contributed by atoms with E-state index < -0.39 is 0 Å². The first kappa shape index (κ1) is 20.0. The van der Waals surface area contributed by atoms with Crippen molar-refractivity contribution in [2.75, 3.05) is 37.4 Å². The summed E-state index contributed by atoms with van der Waals surface area (Å²) in [6.45, 7) is 3.60. The van der Waals surface area contributed by atoms with Crippen molar-refractivity contribution in [2.24, 2.45) is 0 Å². The van der Waals surface area contributed by atoms with Crippen molar-refractivity contribution in [1.29, 1.82) is 0 Å². The van der Waals surface area contributed by atoms with Crippen LogP contribution in [0.25, 0.3) is 0 Å². The number of nitrogens with one attached hydrogen (secondary N) is 2. The molecule has 7 heteroatoms. The van der Waals surface area contributed by atoms with Crippen LogP contribution in [0.3, 0.4) is 0 Å². The molecule has 3 rings (SSSR count). The third kappa shape index (κ3) is 4.75. The monoisotopic (exact) mass is 401 g/mol. The van der Waals surface area contributed by atoms with Crippen LogP contribution in [0.15, 0.2) is 36.4 Å². The zero-order valence-corrected chi connectivity index (χ0v) is 16.8. The largest absolute Gasteiger partial charge is 0.495 e. The van der Waals surface area contributed by atoms with Crippen molar-refractivity contribution < 1.29 is 14.3 Å². The van der Waals surface area contributed by atoms with E-state index in [1.807, 2.05) is 24.0 Å². The lowest BCUT2D eigenvalue weighted by Crippen LogP contribution is -2.27. The van der Waals surface area contributed by atoms with Crippen molar-refractivity contribution >= 4 is 34.8 Å². The number of carbonyl (C=O) groups excluding carboxylic acids is 2. The second kappa shape index (κ2) is 8.97. The Morgan fingerprint density at radius 1 is 1.14 bits per heavy atom. The summed E-state index contributed by atoms with van der Waals surface area (Å²) in [6, 6.07) is 10.6. The van der Waals surface area contributed by atoms with Gasteiger partial charge in [0.15, 0.2) is 0 Å². The van der Waals surface area contributed by atoms with Gasteiger partial charge in [0, 0.05) is 35.4 Å². The molecule has 2 N–H and O–H groups in total. The molecular formula is C21H24ClN3O3. The minimum Gasteiger partial charge on any atom is -0.495 e. The van der Waals surface area contributed by atoms with Crippen LogP contribution in [0.4, 0.5) is 11.4 Å². The summed E-state index contributed by atoms with van der Waals surface area (Å²) in [5.74, 6) is 0.359. The number of aryl methyl sites for hydroxylation is 1. The van der Waals surface area contributed by atoms with Crippen LogP contribution in [0.1, 0.15) is 28.8 Å². The van der Waals surface area contributed by atoms with Gasteiger partial charge in [-0.05, 0) is 55.7 Å². The summed E-state index contributed by atoms with van der Waals surface area (Å²) >= 11 is 6.09. The predicted octanol–water partition coefficient (Wildman–Crippen LogP) is 3.94. The summed E-state index contributed by atoms with van der Waals surface area (Å²) in [5.41, 5.74) is 2.86. The van der Waals surface area contributed by atoms with E-state index in [1.54, 1.807) is 24.3 Å². The average molecular weight is 402 g/mol. The van der Waals surface area contributed by atoms with Crippen LogP contribution in [-0.4, -0.2) is 43.5 Å². The number of methoxy groups -OCH3 is 1. The van der Waals surface area contributed by atoms with Gasteiger partial charge >= 0.3 is 0 Å². The lowest BCUT2D eigenvalue weighted by molar-refractivity contribution is -0.114. The molecule has 1 saturated heterocycles. The third-order valence-electron chi connectivity index (χ3n) is 4.73. The van der Waals surface area contributed by atoms with E-state index in [0.29, 0.717) is 22.0 Å². The Hall–Kier alpha value is -2.73. The molecule has 0 radical (unpaired) electrons. The van der Waals surface area contributed by atoms with Gasteiger partial charge in [0.05, 0.1) is 19.3 Å². The van der Waals surface area contributed by atoms with Gasteiger partial charge in [0.2, 0.25) is 5.91 Å². The molecule has 0 unspecified atom stereocenters. The number of carbonyl (C=O) groups is 2. The van der Waals surface area contributed by atoms with E-state index in [-0.39, 0.29) is 18.4 Å². The van der Waals surface area contributed by atoms with E-state index in [0.717, 1.165) is 37.2 Å². The van der Waals surface area contributed by atoms with Crippen molar-refractivity contribution in [2.45, 2.75) is 19.8 Å². The normalized spacial score (nSPS) is 13.3. The molecule has 1 aliphatic rings. The van der Waals surface area contributed by atoms with Crippen LogP contribution in [0.2, 0.25) is 5.02 Å². The molecule has 2 aromatic carbocycles. The van der Waals surface area contributed by atoms with Crippen LogP contribution in [0, 0.1) is 6.92 Å². The van der Waals surface area contributed by atoms with Gasteiger partial charge in [0.1, 0.15) is 5.75 Å². The smallest absolute Gasteiger partial charge is 0.253 e. The number of likely N-dealkylation sites (tertiary alicyclic amines) is 1. The molecule has 6 nitrogen and oxygen atoms in total. The lowest BCUT2D eigenvalue weighted by atomic mass is 10.2. The van der Waals surface area contributed by atoms with Crippen LogP contribution in [-0.2, 0) is 4.79 Å². The number of halogens is 1. The van der Waals surface area contributed by atoms with Crippen LogP contribution < -0.4 is 15.4 Å². The number of ether oxygens (including phenoxy) is 1. The zero-order chi connectivity index (χ0) is 20.1. The predicted molar refractivity (Wildman–Crippen MR) is 111 cm³/mol. The highest BCUT2D eigenvalue weighted by atomic mass is 35.5. The van der Waals surface area contributed by atoms with Crippen molar-refractivity contribution in [3.63, 3.8) is 0 Å². The van der Waals surface area contributed by atoms with Crippen LogP contribution in [0.5, 0.6) is 5.75 Å². The Balaban J connectivity index is 1.56. The first-order valence-corrected chi connectivity index (χ1v) is 9.63. The Kier molecular flexibility index (Phi) is 6.41. The van der Waals surface area contributed by atoms with Gasteiger partial charge in [-0.3, -0.25) is 9.59 Å². The molecule has 28 heavy (non-hydrogen) atoms. The SMILES string of the molecule is COc1cc(Cl)c(C)cc1NC(=O)CNc1ccc(C(=O)N2CCCC2)cc1. The Bertz CT molecular complexity index is 862. The number of rotatable bonds is 6. The van der Waals surface area contributed by atoms with E-state index in [2.05, 4.69) is 10.6 Å². The fraction of sp³-hybridized carbons (Fsp3) is 0.333. The molecule has 0 aromatic heterocycles. The maximum Gasteiger partial charge on any atom is 0.253 e. The fourth-order valence-corrected chi connectivity index (χ4v) is 3.29. The number of benzene rings is 2. The van der Waals surface area contributed by atoms with E-state index in [9.17, 15) is 9.59 Å². The Labute approximate surface area is 169 Å². The minimum atomic E-state index is -0.211. The van der Waals surface area contributed by atoms with E-state index in [1.165, 1.54) is 7.11 Å². The highest BCUT2D eigenvalue weighted by molar-refractivity contribution is 6.31. The minimum absolute atomic E-state index is 0.0620. The van der Waals surface area contributed by atoms with Crippen LogP contribution >= 0.6 is 11.6 Å². The highest BCUT2D eigenvalue weighted by Crippen LogP contribution is 2.30. The number of anilines is 2. The number of hydrogen-bond acceptors (Lipinski definition) is 4. The summed E-state index contributed by atoms with van der Waals surface area (Å²) in [4.78, 5) is 26.5. The Morgan fingerprint density at radius 3 is 2.46 bits per heavy atom. The maximum atomic E-state index is 12.4. The molecular weight excluding hydrogens is 378 g/mol. The first-order valence-electron chi connectivity index (χ1n) is 9.25. The summed E-state index contributed by atoms with van der Waals surface area (Å²) < 4.78 is 5.27. The number of nitrogens with zero attached hydrogens (tertiary/aromatic N) is 1. The van der Waals surface area contributed by atoms with Gasteiger partial charge in [0.25, 0.3) is 5.91 Å². The number of hydrogen-bond donors (Lipinski definition) is 2. The lowest BCUT2D eigenvalue weighted by Gasteiger charge is -2.15. The number of amides is 2. The highest BCUT2D eigenvalue weighted by Gasteiger charge is 2.19. The molecule has 1 aliphatic heterocycles. The molecule has 1 fully saturated rings. The molecule has 0 saturated carbocycles. The third-order valence-corrected chi connectivity index (χ3v) is 5.14. The summed E-state index contributed by atoms with van der Waals surface area (Å²) in [6.07, 6.45) is 2.14. The van der Waals surface area contributed by atoms with Gasteiger partial charge in [-0.1, -0.05) is 11.6 Å². The molecule has 1 heterocycles. The van der Waals surface area contributed by atoms with Crippen molar-refractivity contribution in [3.8, 4) is 5.75 Å². The van der Waals surface area contributed by atoms with Gasteiger partial charge in [-0.25, -0.2) is 0 Å². The second-order valence-corrected chi connectivity index (χ2v) is 7.19. The Morgan fingerprint density at radius 2 is 1.82 bits per heavy atom. The standard InChI is InChI=1S/C21H24ClN3O3/c1-14-11-18(19(28-2)12-17(14)22)24-20(26)13-23-16-7-5-15(6-8-16)21(27)25-9-3-4-10-25/h5-8,11-12,23H,3-4,9-10,13H2,1-2H3,(H,24,26). The fourth-order valence-electron chi connectivity index (χ4n) is 3.14. The van der Waals surface area contributed by atoms with E-state index in [4.69, 9.17) is 16.3 Å². The first-order chi connectivity index (χ1) is 13.5. The van der Waals surface area contributed by atoms with Crippen molar-refractivity contribution in [1.82, 2.24) is 4.90 Å². The van der Waals surface area contributed by atoms with Crippen molar-refractivity contribution in [3.05, 3.63) is 52.5 Å². The molecule has 0 atom stereocenters. The molecule has 0 aliphatic carbocycles. The quantitative estimate of drug-likeness (QED) is 0.769. The zero-order valence-electron chi connectivity index (χ0n) is 16.0. The van der Waals surface area contributed by atoms with Gasteiger partial charge < -0.3 is 20.3 Å². The average Bonchev–Trinajstić information content (AvgIpc) is 3.23. The molecule has 0 bridgehead atoms. The molecule has 2 aromatic rings. The molecule has 2 amide bonds. The summed E-state index contributed by atoms with van der Waals surface area (Å²) in [7, 11) is 1.53. The maximum absolute atomic E-state index is 12.4. The molecule has 0 spiro atoms. The van der Waals surface area contributed by atoms with Gasteiger partial charge in [-0.15, -0.1) is 0 Å².